The number of carbonyl (C=O) groups is 1. The van der Waals surface area contributed by atoms with E-state index in [9.17, 15) is 13.2 Å². The number of esters is 1. The maximum absolute atomic E-state index is 13.1. The summed E-state index contributed by atoms with van der Waals surface area (Å²) >= 11 is 3.30. The van der Waals surface area contributed by atoms with E-state index in [1.54, 1.807) is 18.2 Å². The SMILES string of the molecule is C=CCN(c1ccc(C(=O)OC)cc1)S(=O)(=O)c1ccc(OC)c(Br)c1. The molecule has 26 heavy (non-hydrogen) atoms. The maximum atomic E-state index is 13.1. The van der Waals surface area contributed by atoms with Crippen molar-refractivity contribution in [2.75, 3.05) is 25.1 Å². The zero-order chi connectivity index (χ0) is 19.3. The molecule has 0 amide bonds. The molecular formula is C18H18BrNO5S. The molecule has 0 aliphatic carbocycles. The van der Waals surface area contributed by atoms with Gasteiger partial charge >= 0.3 is 5.97 Å². The number of hydrogen-bond donors (Lipinski definition) is 0. The van der Waals surface area contributed by atoms with Gasteiger partial charge in [0.25, 0.3) is 10.0 Å². The van der Waals surface area contributed by atoms with Crippen LogP contribution in [0.4, 0.5) is 5.69 Å². The van der Waals surface area contributed by atoms with Crippen LogP contribution >= 0.6 is 15.9 Å². The summed E-state index contributed by atoms with van der Waals surface area (Å²) in [6.45, 7) is 3.70. The monoisotopic (exact) mass is 439 g/mol. The second-order valence-corrected chi connectivity index (χ2v) is 7.88. The fraction of sp³-hybridized carbons (Fsp3) is 0.167. The predicted molar refractivity (Wildman–Crippen MR) is 103 cm³/mol. The van der Waals surface area contributed by atoms with Gasteiger partial charge in [-0.05, 0) is 58.4 Å². The van der Waals surface area contributed by atoms with Crippen LogP contribution in [0.15, 0.2) is 64.5 Å². The molecule has 0 fully saturated rings. The Morgan fingerprint density at radius 3 is 2.35 bits per heavy atom. The maximum Gasteiger partial charge on any atom is 0.337 e. The summed E-state index contributed by atoms with van der Waals surface area (Å²) in [6, 6.07) is 10.6. The van der Waals surface area contributed by atoms with Crippen molar-refractivity contribution in [2.45, 2.75) is 4.90 Å². The number of halogens is 1. The molecule has 0 heterocycles. The summed E-state index contributed by atoms with van der Waals surface area (Å²) < 4.78 is 37.7. The molecule has 0 saturated carbocycles. The van der Waals surface area contributed by atoms with E-state index in [2.05, 4.69) is 27.2 Å². The molecule has 0 aromatic heterocycles. The van der Waals surface area contributed by atoms with Gasteiger partial charge in [0, 0.05) is 0 Å². The predicted octanol–water partition coefficient (Wildman–Crippen LogP) is 3.63. The summed E-state index contributed by atoms with van der Waals surface area (Å²) in [4.78, 5) is 11.7. The fourth-order valence-electron chi connectivity index (χ4n) is 2.28. The third-order valence-electron chi connectivity index (χ3n) is 3.58. The minimum atomic E-state index is -3.84. The third kappa shape index (κ3) is 4.08. The average Bonchev–Trinajstić information content (AvgIpc) is 2.65. The van der Waals surface area contributed by atoms with Crippen LogP contribution in [0.3, 0.4) is 0 Å². The first-order valence-corrected chi connectivity index (χ1v) is 9.74. The zero-order valence-electron chi connectivity index (χ0n) is 14.3. The Labute approximate surface area is 161 Å². The van der Waals surface area contributed by atoms with Crippen LogP contribution in [0.1, 0.15) is 10.4 Å². The molecule has 0 unspecified atom stereocenters. The van der Waals surface area contributed by atoms with Gasteiger partial charge in [-0.15, -0.1) is 6.58 Å². The highest BCUT2D eigenvalue weighted by atomic mass is 79.9. The van der Waals surface area contributed by atoms with Crippen molar-refractivity contribution in [3.63, 3.8) is 0 Å². The van der Waals surface area contributed by atoms with E-state index in [1.807, 2.05) is 0 Å². The van der Waals surface area contributed by atoms with Crippen molar-refractivity contribution >= 4 is 37.6 Å². The molecule has 0 N–H and O–H groups in total. The first kappa shape index (κ1) is 20.0. The minimum Gasteiger partial charge on any atom is -0.496 e. The molecule has 6 nitrogen and oxygen atoms in total. The Bertz CT molecular complexity index is 910. The molecule has 0 aliphatic rings. The molecular weight excluding hydrogens is 422 g/mol. The van der Waals surface area contributed by atoms with E-state index < -0.39 is 16.0 Å². The molecule has 2 rings (SSSR count). The Morgan fingerprint density at radius 1 is 1.19 bits per heavy atom. The largest absolute Gasteiger partial charge is 0.496 e. The quantitative estimate of drug-likeness (QED) is 0.486. The van der Waals surface area contributed by atoms with Crippen molar-refractivity contribution in [3.8, 4) is 5.75 Å². The summed E-state index contributed by atoms with van der Waals surface area (Å²) in [5.74, 6) is 0.0374. The third-order valence-corrected chi connectivity index (χ3v) is 5.99. The molecule has 8 heteroatoms. The molecule has 2 aromatic rings. The lowest BCUT2D eigenvalue weighted by Crippen LogP contribution is -2.31. The minimum absolute atomic E-state index is 0.0730. The van der Waals surface area contributed by atoms with Gasteiger partial charge in [0.2, 0.25) is 0 Å². The van der Waals surface area contributed by atoms with Gasteiger partial charge in [0.1, 0.15) is 5.75 Å². The lowest BCUT2D eigenvalue weighted by molar-refractivity contribution is 0.0600. The van der Waals surface area contributed by atoms with Crippen LogP contribution in [-0.4, -0.2) is 35.2 Å². The number of anilines is 1. The molecule has 0 bridgehead atoms. The number of rotatable bonds is 7. The standard InChI is InChI=1S/C18H18BrNO5S/c1-4-11-20(14-7-5-13(6-8-14)18(21)25-3)26(22,23)15-9-10-17(24-2)16(19)12-15/h4-10,12H,1,11H2,2-3H3. The van der Waals surface area contributed by atoms with E-state index in [-0.39, 0.29) is 11.4 Å². The van der Waals surface area contributed by atoms with Gasteiger partial charge in [0.05, 0.1) is 41.4 Å². The number of methoxy groups -OCH3 is 2. The first-order chi connectivity index (χ1) is 12.3. The van der Waals surface area contributed by atoms with E-state index in [1.165, 1.54) is 48.9 Å². The highest BCUT2D eigenvalue weighted by molar-refractivity contribution is 9.10. The smallest absolute Gasteiger partial charge is 0.337 e. The number of nitrogens with zero attached hydrogens (tertiary/aromatic N) is 1. The van der Waals surface area contributed by atoms with E-state index in [0.29, 0.717) is 21.5 Å². The average molecular weight is 440 g/mol. The van der Waals surface area contributed by atoms with Gasteiger partial charge in [-0.25, -0.2) is 13.2 Å². The number of ether oxygens (including phenoxy) is 2. The molecule has 138 valence electrons. The van der Waals surface area contributed by atoms with Crippen molar-refractivity contribution in [1.29, 1.82) is 0 Å². The number of sulfonamides is 1. The van der Waals surface area contributed by atoms with Gasteiger partial charge < -0.3 is 9.47 Å². The second kappa shape index (κ2) is 8.37. The zero-order valence-corrected chi connectivity index (χ0v) is 16.7. The summed E-state index contributed by atoms with van der Waals surface area (Å²) in [6.07, 6.45) is 1.49. The van der Waals surface area contributed by atoms with Gasteiger partial charge in [-0.2, -0.15) is 0 Å². The Balaban J connectivity index is 2.46. The molecule has 2 aromatic carbocycles. The highest BCUT2D eigenvalue weighted by Gasteiger charge is 2.25. The van der Waals surface area contributed by atoms with Crippen LogP contribution in [0.25, 0.3) is 0 Å². The second-order valence-electron chi connectivity index (χ2n) is 5.16. The summed E-state index contributed by atoms with van der Waals surface area (Å²) in [5, 5.41) is 0. The van der Waals surface area contributed by atoms with Crippen molar-refractivity contribution in [3.05, 3.63) is 65.2 Å². The Kier molecular flexibility index (Phi) is 6.44. The Morgan fingerprint density at radius 2 is 1.85 bits per heavy atom. The van der Waals surface area contributed by atoms with E-state index in [4.69, 9.17) is 4.74 Å². The van der Waals surface area contributed by atoms with Crippen LogP contribution in [0.5, 0.6) is 5.75 Å². The molecule has 0 atom stereocenters. The van der Waals surface area contributed by atoms with Crippen LogP contribution in [-0.2, 0) is 14.8 Å². The van der Waals surface area contributed by atoms with Crippen molar-refractivity contribution < 1.29 is 22.7 Å². The normalized spacial score (nSPS) is 10.9. The lowest BCUT2D eigenvalue weighted by atomic mass is 10.2. The summed E-state index contributed by atoms with van der Waals surface area (Å²) in [5.41, 5.74) is 0.740. The van der Waals surface area contributed by atoms with Crippen molar-refractivity contribution in [2.24, 2.45) is 0 Å². The number of hydrogen-bond acceptors (Lipinski definition) is 5. The van der Waals surface area contributed by atoms with Gasteiger partial charge in [0.15, 0.2) is 0 Å². The van der Waals surface area contributed by atoms with Crippen LogP contribution in [0.2, 0.25) is 0 Å². The summed E-state index contributed by atoms with van der Waals surface area (Å²) in [7, 11) is -1.06. The van der Waals surface area contributed by atoms with E-state index >= 15 is 0 Å². The topological polar surface area (TPSA) is 72.9 Å². The first-order valence-electron chi connectivity index (χ1n) is 7.50. The molecule has 0 radical (unpaired) electrons. The number of carbonyl (C=O) groups excluding carboxylic acids is 1. The lowest BCUT2D eigenvalue weighted by Gasteiger charge is -2.23. The van der Waals surface area contributed by atoms with E-state index in [0.717, 1.165) is 0 Å². The Hall–Kier alpha value is -2.32. The number of benzene rings is 2. The van der Waals surface area contributed by atoms with Crippen LogP contribution in [0, 0.1) is 0 Å². The van der Waals surface area contributed by atoms with Crippen molar-refractivity contribution in [1.82, 2.24) is 0 Å². The highest BCUT2D eigenvalue weighted by Crippen LogP contribution is 2.30. The van der Waals surface area contributed by atoms with Gasteiger partial charge in [-0.3, -0.25) is 4.31 Å². The van der Waals surface area contributed by atoms with Gasteiger partial charge in [-0.1, -0.05) is 6.08 Å². The fourth-order valence-corrected chi connectivity index (χ4v) is 4.43. The molecule has 0 saturated heterocycles. The molecule has 0 aliphatic heterocycles. The van der Waals surface area contributed by atoms with Crippen LogP contribution < -0.4 is 9.04 Å². The molecule has 0 spiro atoms.